The van der Waals surface area contributed by atoms with E-state index in [4.69, 9.17) is 9.47 Å². The molecule has 2 aromatic carbocycles. The molecule has 3 aliphatic rings. The minimum absolute atomic E-state index is 0.0666. The minimum Gasteiger partial charge on any atom is -0.463 e. The first-order chi connectivity index (χ1) is 18.3. The fourth-order valence-corrected chi connectivity index (χ4v) is 5.81. The molecule has 1 saturated heterocycles. The first-order valence-electron chi connectivity index (χ1n) is 12.9. The Kier molecular flexibility index (Phi) is 6.85. The zero-order valence-corrected chi connectivity index (χ0v) is 22.0. The highest BCUT2D eigenvalue weighted by molar-refractivity contribution is 6.04. The van der Waals surface area contributed by atoms with Crippen molar-refractivity contribution < 1.29 is 23.9 Å². The molecule has 0 bridgehead atoms. The molecule has 38 heavy (non-hydrogen) atoms. The SMILES string of the molecule is CCOC(=O)C1=C(C)C=C2O/C(=C\C3=C(C)C(c4ccc(C=O)cc4)C(C)=C3)C(=O)C2C1c1ccccc1. The third-order valence-corrected chi connectivity index (χ3v) is 7.56. The highest BCUT2D eigenvalue weighted by atomic mass is 16.5. The quantitative estimate of drug-likeness (QED) is 0.253. The Balaban J connectivity index is 1.52. The summed E-state index contributed by atoms with van der Waals surface area (Å²) >= 11 is 0. The van der Waals surface area contributed by atoms with Crippen molar-refractivity contribution in [3.8, 4) is 0 Å². The number of fused-ring (bicyclic) bond motifs is 1. The highest BCUT2D eigenvalue weighted by Crippen LogP contribution is 2.49. The third-order valence-electron chi connectivity index (χ3n) is 7.56. The molecular weight excluding hydrogens is 476 g/mol. The Bertz CT molecular complexity index is 1460. The van der Waals surface area contributed by atoms with Crippen molar-refractivity contribution in [2.75, 3.05) is 6.61 Å². The van der Waals surface area contributed by atoms with Crippen LogP contribution in [0.4, 0.5) is 0 Å². The summed E-state index contributed by atoms with van der Waals surface area (Å²) < 4.78 is 11.6. The van der Waals surface area contributed by atoms with E-state index in [0.717, 1.165) is 39.7 Å². The van der Waals surface area contributed by atoms with Crippen molar-refractivity contribution in [2.24, 2.45) is 5.92 Å². The molecule has 1 aliphatic heterocycles. The summed E-state index contributed by atoms with van der Waals surface area (Å²) in [5, 5.41) is 0. The first-order valence-corrected chi connectivity index (χ1v) is 12.9. The zero-order valence-electron chi connectivity index (χ0n) is 22.0. The van der Waals surface area contributed by atoms with E-state index in [1.807, 2.05) is 67.6 Å². The summed E-state index contributed by atoms with van der Waals surface area (Å²) in [6, 6.07) is 17.2. The molecule has 0 radical (unpaired) electrons. The lowest BCUT2D eigenvalue weighted by molar-refractivity contribution is -0.139. The summed E-state index contributed by atoms with van der Waals surface area (Å²) in [6.45, 7) is 8.01. The number of ketones is 1. The highest BCUT2D eigenvalue weighted by Gasteiger charge is 2.48. The molecule has 5 heteroatoms. The van der Waals surface area contributed by atoms with Gasteiger partial charge in [-0.3, -0.25) is 9.59 Å². The normalized spacial score (nSPS) is 23.7. The molecule has 192 valence electrons. The Labute approximate surface area is 222 Å². The van der Waals surface area contributed by atoms with Crippen LogP contribution in [0.2, 0.25) is 0 Å². The van der Waals surface area contributed by atoms with Crippen LogP contribution in [0.1, 0.15) is 61.0 Å². The fraction of sp³-hybridized carbons (Fsp3) is 0.242. The summed E-state index contributed by atoms with van der Waals surface area (Å²) in [5.41, 5.74) is 7.02. The van der Waals surface area contributed by atoms with Gasteiger partial charge in [-0.2, -0.15) is 0 Å². The van der Waals surface area contributed by atoms with Crippen LogP contribution in [0, 0.1) is 5.92 Å². The van der Waals surface area contributed by atoms with Crippen molar-refractivity contribution in [1.82, 2.24) is 0 Å². The van der Waals surface area contributed by atoms with Gasteiger partial charge < -0.3 is 9.47 Å². The van der Waals surface area contributed by atoms with Crippen LogP contribution in [0.5, 0.6) is 0 Å². The molecule has 0 N–H and O–H groups in total. The summed E-state index contributed by atoms with van der Waals surface area (Å²) in [7, 11) is 0. The Hall–Kier alpha value is -4.25. The van der Waals surface area contributed by atoms with E-state index >= 15 is 0 Å². The molecule has 2 aliphatic carbocycles. The largest absolute Gasteiger partial charge is 0.463 e. The average molecular weight is 507 g/mol. The van der Waals surface area contributed by atoms with Crippen molar-refractivity contribution >= 4 is 18.0 Å². The second-order valence-electron chi connectivity index (χ2n) is 9.95. The van der Waals surface area contributed by atoms with Crippen molar-refractivity contribution in [3.63, 3.8) is 0 Å². The molecule has 2 aromatic rings. The monoisotopic (exact) mass is 506 g/mol. The van der Waals surface area contributed by atoms with E-state index in [1.54, 1.807) is 13.0 Å². The van der Waals surface area contributed by atoms with Gasteiger partial charge in [-0.25, -0.2) is 4.79 Å². The molecule has 5 nitrogen and oxygen atoms in total. The second kappa shape index (κ2) is 10.3. The van der Waals surface area contributed by atoms with E-state index in [0.29, 0.717) is 16.9 Å². The lowest BCUT2D eigenvalue weighted by atomic mass is 9.73. The number of hydrogen-bond acceptors (Lipinski definition) is 5. The number of Topliss-reactive ketones (excluding diaryl/α,β-unsaturated/α-hetero) is 1. The zero-order chi connectivity index (χ0) is 27.0. The Morgan fingerprint density at radius 1 is 0.947 bits per heavy atom. The molecule has 0 saturated carbocycles. The fourth-order valence-electron chi connectivity index (χ4n) is 5.81. The summed E-state index contributed by atoms with van der Waals surface area (Å²) in [4.78, 5) is 38.0. The predicted molar refractivity (Wildman–Crippen MR) is 145 cm³/mol. The number of allylic oxidation sites excluding steroid dienone is 9. The van der Waals surface area contributed by atoms with Gasteiger partial charge in [-0.15, -0.1) is 0 Å². The molecule has 0 amide bonds. The molecule has 3 unspecified atom stereocenters. The van der Waals surface area contributed by atoms with Gasteiger partial charge in [0.15, 0.2) is 5.76 Å². The van der Waals surface area contributed by atoms with Crippen molar-refractivity contribution in [2.45, 2.75) is 39.5 Å². The van der Waals surface area contributed by atoms with E-state index < -0.39 is 17.8 Å². The van der Waals surface area contributed by atoms with E-state index in [2.05, 4.69) is 19.9 Å². The van der Waals surface area contributed by atoms with Crippen LogP contribution in [0.25, 0.3) is 0 Å². The number of aldehydes is 1. The van der Waals surface area contributed by atoms with Gasteiger partial charge in [0, 0.05) is 23.0 Å². The van der Waals surface area contributed by atoms with Crippen LogP contribution < -0.4 is 0 Å². The van der Waals surface area contributed by atoms with Gasteiger partial charge in [-0.1, -0.05) is 71.8 Å². The molecule has 3 atom stereocenters. The summed E-state index contributed by atoms with van der Waals surface area (Å²) in [6.07, 6.45) is 6.53. The number of esters is 1. The lowest BCUT2D eigenvalue weighted by Crippen LogP contribution is -2.28. The van der Waals surface area contributed by atoms with Crippen LogP contribution in [0.15, 0.2) is 112 Å². The summed E-state index contributed by atoms with van der Waals surface area (Å²) in [5.74, 6) is -0.786. The number of ether oxygens (including phenoxy) is 2. The van der Waals surface area contributed by atoms with Gasteiger partial charge in [0.2, 0.25) is 5.78 Å². The molecule has 0 aromatic heterocycles. The topological polar surface area (TPSA) is 69.7 Å². The molecule has 5 rings (SSSR count). The van der Waals surface area contributed by atoms with Crippen LogP contribution >= 0.6 is 0 Å². The van der Waals surface area contributed by atoms with Gasteiger partial charge >= 0.3 is 5.97 Å². The van der Waals surface area contributed by atoms with Gasteiger partial charge in [0.1, 0.15) is 12.0 Å². The number of hydrogen-bond donors (Lipinski definition) is 0. The second-order valence-corrected chi connectivity index (χ2v) is 9.95. The number of rotatable bonds is 6. The van der Waals surface area contributed by atoms with Gasteiger partial charge in [0.25, 0.3) is 0 Å². The Morgan fingerprint density at radius 3 is 2.32 bits per heavy atom. The van der Waals surface area contributed by atoms with Gasteiger partial charge in [0.05, 0.1) is 12.5 Å². The maximum absolute atomic E-state index is 13.9. The van der Waals surface area contributed by atoms with Crippen LogP contribution in [-0.4, -0.2) is 24.6 Å². The molecular formula is C33H30O5. The average Bonchev–Trinajstić information content (AvgIpc) is 3.37. The van der Waals surface area contributed by atoms with Crippen molar-refractivity contribution in [1.29, 1.82) is 0 Å². The van der Waals surface area contributed by atoms with E-state index in [1.165, 1.54) is 0 Å². The maximum Gasteiger partial charge on any atom is 0.334 e. The maximum atomic E-state index is 13.9. The molecule has 0 spiro atoms. The molecule has 1 heterocycles. The molecule has 1 fully saturated rings. The van der Waals surface area contributed by atoms with Gasteiger partial charge in [-0.05, 0) is 62.1 Å². The smallest absolute Gasteiger partial charge is 0.334 e. The predicted octanol–water partition coefficient (Wildman–Crippen LogP) is 6.52. The number of benzene rings is 2. The van der Waals surface area contributed by atoms with E-state index in [9.17, 15) is 14.4 Å². The van der Waals surface area contributed by atoms with Crippen LogP contribution in [-0.2, 0) is 19.1 Å². The Morgan fingerprint density at radius 2 is 1.66 bits per heavy atom. The number of carbonyl (C=O) groups excluding carboxylic acids is 3. The lowest BCUT2D eigenvalue weighted by Gasteiger charge is -2.28. The van der Waals surface area contributed by atoms with Crippen molar-refractivity contribution in [3.05, 3.63) is 129 Å². The third kappa shape index (κ3) is 4.38. The number of carbonyl (C=O) groups is 3. The first kappa shape index (κ1) is 25.4. The standard InChI is InChI=1S/C33H30O5/c1-5-37-33(36)29-20(3)16-26-31(30(29)23-9-7-6-8-10-23)32(35)27(38-26)17-25-15-19(2)28(21(25)4)24-13-11-22(18-34)12-14-24/h6-18,28,30-31H,5H2,1-4H3/b27-17-. The van der Waals surface area contributed by atoms with E-state index in [-0.39, 0.29) is 24.1 Å². The minimum atomic E-state index is -0.633. The van der Waals surface area contributed by atoms with Crippen LogP contribution in [0.3, 0.4) is 0 Å².